The van der Waals surface area contributed by atoms with Crippen LogP contribution in [0.5, 0.6) is 0 Å². The molecule has 3 aromatic carbocycles. The molecule has 0 bridgehead atoms. The minimum absolute atomic E-state index is 0.181. The molecule has 3 rings (SSSR count). The number of hydrogen-bond acceptors (Lipinski definition) is 7. The van der Waals surface area contributed by atoms with E-state index in [4.69, 9.17) is 10.9 Å². The Morgan fingerprint density at radius 1 is 1.11 bits per heavy atom. The van der Waals surface area contributed by atoms with Gasteiger partial charge in [-0.2, -0.15) is 0 Å². The van der Waals surface area contributed by atoms with Gasteiger partial charge < -0.3 is 24.8 Å². The molecule has 2 atom stereocenters. The molecule has 0 aliphatic rings. The highest BCUT2D eigenvalue weighted by Gasteiger charge is 2.10. The number of carbonyl (C=O) groups is 1. The maximum atomic E-state index is 12.6. The molecule has 7 nitrogen and oxygen atoms in total. The SMILES string of the molecule is C#CP(Nc1ccc(C(=O)NCCNc2cccc3c(S(=O)O)cccc23)cc1)OCCSSC(C)C. The molecule has 1 amide bonds. The van der Waals surface area contributed by atoms with Crippen LogP contribution in [0.25, 0.3) is 10.8 Å². The average molecular weight is 576 g/mol. The molecular formula is C26H30N3O4PS3. The number of anilines is 2. The van der Waals surface area contributed by atoms with E-state index in [1.54, 1.807) is 35.1 Å². The molecule has 0 aliphatic heterocycles. The highest BCUT2D eigenvalue weighted by molar-refractivity contribution is 8.76. The van der Waals surface area contributed by atoms with Crippen LogP contribution in [0.4, 0.5) is 11.4 Å². The highest BCUT2D eigenvalue weighted by Crippen LogP contribution is 2.37. The van der Waals surface area contributed by atoms with Gasteiger partial charge >= 0.3 is 0 Å². The zero-order valence-corrected chi connectivity index (χ0v) is 23.9. The van der Waals surface area contributed by atoms with Gasteiger partial charge in [-0.3, -0.25) is 4.79 Å². The third-order valence-corrected chi connectivity index (χ3v) is 9.72. The summed E-state index contributed by atoms with van der Waals surface area (Å²) < 4.78 is 26.9. The molecule has 0 fully saturated rings. The van der Waals surface area contributed by atoms with Crippen LogP contribution >= 0.6 is 29.9 Å². The Morgan fingerprint density at radius 2 is 1.84 bits per heavy atom. The second-order valence-electron chi connectivity index (χ2n) is 8.00. The quantitative estimate of drug-likeness (QED) is 0.0578. The number of nitrogens with one attached hydrogen (secondary N) is 3. The number of fused-ring (bicyclic) bond motifs is 1. The predicted octanol–water partition coefficient (Wildman–Crippen LogP) is 6.38. The monoisotopic (exact) mass is 575 g/mol. The highest BCUT2D eigenvalue weighted by atomic mass is 33.1. The third kappa shape index (κ3) is 9.22. The summed E-state index contributed by atoms with van der Waals surface area (Å²) in [6.07, 6.45) is 5.61. The van der Waals surface area contributed by atoms with Gasteiger partial charge in [0.05, 0.1) is 11.5 Å². The predicted molar refractivity (Wildman–Crippen MR) is 161 cm³/mol. The van der Waals surface area contributed by atoms with Crippen LogP contribution in [0.15, 0.2) is 65.6 Å². The normalized spacial score (nSPS) is 12.6. The van der Waals surface area contributed by atoms with Crippen LogP contribution in [0.3, 0.4) is 0 Å². The van der Waals surface area contributed by atoms with E-state index in [0.29, 0.717) is 40.8 Å². The van der Waals surface area contributed by atoms with Gasteiger partial charge in [-0.25, -0.2) is 4.21 Å². The van der Waals surface area contributed by atoms with Crippen molar-refractivity contribution in [3.8, 4) is 12.1 Å². The number of carbonyl (C=O) groups excluding carboxylic acids is 1. The third-order valence-electron chi connectivity index (χ3n) is 4.94. The summed E-state index contributed by atoms with van der Waals surface area (Å²) >= 11 is -2.06. The van der Waals surface area contributed by atoms with E-state index in [1.807, 2.05) is 47.2 Å². The van der Waals surface area contributed by atoms with Gasteiger partial charge in [0, 0.05) is 51.8 Å². The molecular weight excluding hydrogens is 545 g/mol. The second-order valence-corrected chi connectivity index (χ2v) is 13.3. The smallest absolute Gasteiger partial charge is 0.251 e. The lowest BCUT2D eigenvalue weighted by atomic mass is 10.1. The molecule has 0 saturated heterocycles. The lowest BCUT2D eigenvalue weighted by Gasteiger charge is -2.14. The fourth-order valence-electron chi connectivity index (χ4n) is 3.32. The van der Waals surface area contributed by atoms with E-state index in [0.717, 1.165) is 22.5 Å². The average Bonchev–Trinajstić information content (AvgIpc) is 2.89. The molecule has 196 valence electrons. The van der Waals surface area contributed by atoms with Crippen LogP contribution in [0.2, 0.25) is 0 Å². The number of terminal acetylenes is 1. The van der Waals surface area contributed by atoms with Crippen molar-refractivity contribution in [2.24, 2.45) is 0 Å². The standard InChI is InChI=1S/C26H30N3O4PS3/c1-4-34(33-17-18-35-36-19(2)3)29-21-13-11-20(12-14-21)26(30)28-16-15-27-24-9-5-8-23-22(24)7-6-10-25(23)37(31)32/h1,5-14,19,27,29H,15-18H2,2-3H3,(H,28,30)(H,31,32). The lowest BCUT2D eigenvalue weighted by Crippen LogP contribution is -2.28. The fourth-order valence-corrected chi connectivity index (χ4v) is 6.70. The van der Waals surface area contributed by atoms with Crippen LogP contribution in [0, 0.1) is 12.1 Å². The number of amides is 1. The van der Waals surface area contributed by atoms with Crippen molar-refractivity contribution in [3.05, 3.63) is 66.2 Å². The summed E-state index contributed by atoms with van der Waals surface area (Å²) in [5, 5.41) is 11.5. The summed E-state index contributed by atoms with van der Waals surface area (Å²) in [5.74, 6) is 0.684. The molecule has 37 heavy (non-hydrogen) atoms. The zero-order valence-electron chi connectivity index (χ0n) is 20.6. The van der Waals surface area contributed by atoms with Gasteiger partial charge in [0.2, 0.25) is 8.30 Å². The molecule has 2 unspecified atom stereocenters. The van der Waals surface area contributed by atoms with E-state index in [1.165, 1.54) is 0 Å². The number of hydrogen-bond donors (Lipinski definition) is 4. The van der Waals surface area contributed by atoms with Crippen LogP contribution < -0.4 is 15.7 Å². The largest absolute Gasteiger partial charge is 0.383 e. The summed E-state index contributed by atoms with van der Waals surface area (Å²) in [6, 6.07) is 17.9. The first kappa shape index (κ1) is 29.3. The van der Waals surface area contributed by atoms with E-state index >= 15 is 0 Å². The first-order valence-corrected chi connectivity index (χ1v) is 16.3. The maximum Gasteiger partial charge on any atom is 0.251 e. The van der Waals surface area contributed by atoms with E-state index in [-0.39, 0.29) is 5.91 Å². The van der Waals surface area contributed by atoms with Crippen LogP contribution in [0.1, 0.15) is 24.2 Å². The van der Waals surface area contributed by atoms with Crippen molar-refractivity contribution in [1.29, 1.82) is 0 Å². The van der Waals surface area contributed by atoms with E-state index < -0.39 is 19.4 Å². The van der Waals surface area contributed by atoms with E-state index in [9.17, 15) is 13.6 Å². The molecule has 11 heteroatoms. The summed E-state index contributed by atoms with van der Waals surface area (Å²) in [5.41, 5.74) is 4.83. The Labute approximate surface area is 229 Å². The second kappa shape index (κ2) is 15.2. The molecule has 0 aliphatic carbocycles. The molecule has 3 aromatic rings. The Bertz CT molecular complexity index is 1250. The molecule has 0 aromatic heterocycles. The molecule has 4 N–H and O–H groups in total. The van der Waals surface area contributed by atoms with Gasteiger partial charge in [0.1, 0.15) is 0 Å². The lowest BCUT2D eigenvalue weighted by molar-refractivity contribution is 0.0955. The Balaban J connectivity index is 1.45. The van der Waals surface area contributed by atoms with Crippen molar-refractivity contribution < 1.29 is 18.1 Å². The zero-order chi connectivity index (χ0) is 26.6. The molecule has 0 heterocycles. The van der Waals surface area contributed by atoms with Gasteiger partial charge in [-0.05, 0) is 42.1 Å². The fraction of sp³-hybridized carbons (Fsp3) is 0.269. The summed E-state index contributed by atoms with van der Waals surface area (Å²) in [4.78, 5) is 12.9. The Kier molecular flexibility index (Phi) is 12.1. The van der Waals surface area contributed by atoms with Crippen molar-refractivity contribution in [3.63, 3.8) is 0 Å². The van der Waals surface area contributed by atoms with Gasteiger partial charge in [0.15, 0.2) is 11.1 Å². The number of benzene rings is 3. The van der Waals surface area contributed by atoms with Crippen LogP contribution in [-0.4, -0.2) is 45.4 Å². The molecule has 0 radical (unpaired) electrons. The first-order valence-electron chi connectivity index (χ1n) is 11.6. The van der Waals surface area contributed by atoms with Crippen molar-refractivity contribution in [2.75, 3.05) is 35.9 Å². The minimum Gasteiger partial charge on any atom is -0.383 e. The van der Waals surface area contributed by atoms with Gasteiger partial charge in [-0.15, -0.1) is 6.42 Å². The van der Waals surface area contributed by atoms with Crippen molar-refractivity contribution >= 4 is 69.0 Å². The summed E-state index contributed by atoms with van der Waals surface area (Å²) in [6.45, 7) is 5.78. The number of rotatable bonds is 14. The van der Waals surface area contributed by atoms with Gasteiger partial charge in [0.25, 0.3) is 5.91 Å². The van der Waals surface area contributed by atoms with Crippen molar-refractivity contribution in [2.45, 2.75) is 24.0 Å². The topological polar surface area (TPSA) is 99.7 Å². The maximum absolute atomic E-state index is 12.6. The van der Waals surface area contributed by atoms with Crippen molar-refractivity contribution in [1.82, 2.24) is 5.32 Å². The Morgan fingerprint density at radius 3 is 2.54 bits per heavy atom. The Hall–Kier alpha value is -2.25. The first-order chi connectivity index (χ1) is 17.9. The molecule has 0 saturated carbocycles. The van der Waals surface area contributed by atoms with Crippen LogP contribution in [-0.2, 0) is 15.6 Å². The van der Waals surface area contributed by atoms with Gasteiger partial charge in [-0.1, -0.05) is 59.7 Å². The summed E-state index contributed by atoms with van der Waals surface area (Å²) in [7, 11) is 2.36. The molecule has 0 spiro atoms. The van der Waals surface area contributed by atoms with E-state index in [2.05, 4.69) is 35.2 Å². The minimum atomic E-state index is -2.06.